The Morgan fingerprint density at radius 3 is 2.68 bits per heavy atom. The maximum absolute atomic E-state index is 12.8. The molecular formula is C20H19N3O4S. The molecule has 0 unspecified atom stereocenters. The van der Waals surface area contributed by atoms with E-state index in [0.717, 1.165) is 4.88 Å². The summed E-state index contributed by atoms with van der Waals surface area (Å²) in [6, 6.07) is 12.1. The molecule has 1 atom stereocenters. The van der Waals surface area contributed by atoms with Gasteiger partial charge in [0.05, 0.1) is 21.7 Å². The van der Waals surface area contributed by atoms with Crippen molar-refractivity contribution in [2.24, 2.45) is 0 Å². The molecule has 3 amide bonds. The molecule has 28 heavy (non-hydrogen) atoms. The number of thiophene rings is 1. The highest BCUT2D eigenvalue weighted by Crippen LogP contribution is 2.28. The number of carbonyl (C=O) groups is 3. The van der Waals surface area contributed by atoms with Gasteiger partial charge in [-0.2, -0.15) is 0 Å². The summed E-state index contributed by atoms with van der Waals surface area (Å²) >= 11 is 1.51. The van der Waals surface area contributed by atoms with Crippen LogP contribution in [0.3, 0.4) is 0 Å². The second kappa shape index (κ2) is 8.62. The number of hydrogen-bond donors (Lipinski definition) is 2. The molecule has 0 spiro atoms. The van der Waals surface area contributed by atoms with E-state index in [1.54, 1.807) is 25.1 Å². The zero-order chi connectivity index (χ0) is 20.1. The van der Waals surface area contributed by atoms with Gasteiger partial charge < -0.3 is 10.1 Å². The van der Waals surface area contributed by atoms with Gasteiger partial charge in [0.2, 0.25) is 0 Å². The summed E-state index contributed by atoms with van der Waals surface area (Å²) < 4.78 is 5.30. The topological polar surface area (TPSA) is 97.4 Å². The van der Waals surface area contributed by atoms with Gasteiger partial charge in [-0.05, 0) is 37.4 Å². The van der Waals surface area contributed by atoms with E-state index in [9.17, 15) is 14.4 Å². The molecule has 3 rings (SSSR count). The second-order valence-electron chi connectivity index (χ2n) is 5.95. The highest BCUT2D eigenvalue weighted by atomic mass is 32.1. The van der Waals surface area contributed by atoms with Gasteiger partial charge in [0, 0.05) is 11.9 Å². The zero-order valence-electron chi connectivity index (χ0n) is 15.4. The van der Waals surface area contributed by atoms with E-state index in [2.05, 4.69) is 15.6 Å². The molecule has 8 heteroatoms. The van der Waals surface area contributed by atoms with E-state index < -0.39 is 24.0 Å². The van der Waals surface area contributed by atoms with Gasteiger partial charge >= 0.3 is 12.0 Å². The number of nitrogens with zero attached hydrogens (tertiary/aromatic N) is 1. The molecule has 0 aliphatic carbocycles. The molecule has 2 N–H and O–H groups in total. The Kier molecular flexibility index (Phi) is 6.00. The smallest absolute Gasteiger partial charge is 0.339 e. The van der Waals surface area contributed by atoms with Gasteiger partial charge in [-0.3, -0.25) is 10.1 Å². The van der Waals surface area contributed by atoms with Gasteiger partial charge in [0.15, 0.2) is 6.10 Å². The molecule has 7 nitrogen and oxygen atoms in total. The summed E-state index contributed by atoms with van der Waals surface area (Å²) in [6.07, 6.45) is -1.13. The first-order valence-corrected chi connectivity index (χ1v) is 9.61. The average molecular weight is 397 g/mol. The van der Waals surface area contributed by atoms with Crippen LogP contribution >= 0.6 is 11.3 Å². The van der Waals surface area contributed by atoms with Crippen molar-refractivity contribution in [2.45, 2.75) is 20.0 Å². The van der Waals surface area contributed by atoms with Gasteiger partial charge in [0.1, 0.15) is 0 Å². The number of aromatic nitrogens is 1. The van der Waals surface area contributed by atoms with E-state index >= 15 is 0 Å². The van der Waals surface area contributed by atoms with Crippen LogP contribution < -0.4 is 10.6 Å². The molecule has 1 aromatic carbocycles. The van der Waals surface area contributed by atoms with Crippen LogP contribution in [0.1, 0.15) is 24.2 Å². The standard InChI is InChI=1S/C20H19N3O4S/c1-3-21-20(26)23-18(24)12(2)27-19(25)14-11-16(17-9-6-10-28-17)22-15-8-5-4-7-13(14)15/h4-12H,3H2,1-2H3,(H2,21,23,24,26)/t12-/m1/s1. The number of ether oxygens (including phenoxy) is 1. The van der Waals surface area contributed by atoms with Crippen LogP contribution in [0.2, 0.25) is 0 Å². The SMILES string of the molecule is CCNC(=O)NC(=O)[C@@H](C)OC(=O)c1cc(-c2cccs2)nc2ccccc12. The van der Waals surface area contributed by atoms with Crippen molar-refractivity contribution in [3.63, 3.8) is 0 Å². The average Bonchev–Trinajstić information content (AvgIpc) is 3.22. The highest BCUT2D eigenvalue weighted by molar-refractivity contribution is 7.13. The number of urea groups is 1. The lowest BCUT2D eigenvalue weighted by Crippen LogP contribution is -2.44. The zero-order valence-corrected chi connectivity index (χ0v) is 16.2. The third-order valence-electron chi connectivity index (χ3n) is 3.94. The van der Waals surface area contributed by atoms with Crippen molar-refractivity contribution < 1.29 is 19.1 Å². The minimum absolute atomic E-state index is 0.312. The Morgan fingerprint density at radius 2 is 1.96 bits per heavy atom. The highest BCUT2D eigenvalue weighted by Gasteiger charge is 2.23. The Hall–Kier alpha value is -3.26. The lowest BCUT2D eigenvalue weighted by atomic mass is 10.1. The normalized spacial score (nSPS) is 11.6. The number of hydrogen-bond acceptors (Lipinski definition) is 6. The fraction of sp³-hybridized carbons (Fsp3) is 0.200. The number of benzene rings is 1. The number of fused-ring (bicyclic) bond motifs is 1. The minimum atomic E-state index is -1.13. The molecule has 0 saturated carbocycles. The quantitative estimate of drug-likeness (QED) is 0.644. The van der Waals surface area contributed by atoms with Crippen LogP contribution in [0, 0.1) is 0 Å². The van der Waals surface area contributed by atoms with Crippen molar-refractivity contribution in [3.05, 3.63) is 53.4 Å². The maximum atomic E-state index is 12.8. The number of imide groups is 1. The van der Waals surface area contributed by atoms with Crippen LogP contribution in [0.15, 0.2) is 47.8 Å². The van der Waals surface area contributed by atoms with Gasteiger partial charge in [0.25, 0.3) is 5.91 Å². The van der Waals surface area contributed by atoms with Crippen molar-refractivity contribution in [2.75, 3.05) is 6.54 Å². The van der Waals surface area contributed by atoms with Crippen molar-refractivity contribution in [3.8, 4) is 10.6 Å². The number of pyridine rings is 1. The Labute approximate surface area is 165 Å². The summed E-state index contributed by atoms with van der Waals surface area (Å²) in [4.78, 5) is 41.8. The largest absolute Gasteiger partial charge is 0.449 e. The Morgan fingerprint density at radius 1 is 1.18 bits per heavy atom. The minimum Gasteiger partial charge on any atom is -0.449 e. The van der Waals surface area contributed by atoms with Gasteiger partial charge in [-0.25, -0.2) is 14.6 Å². The van der Waals surface area contributed by atoms with Crippen molar-refractivity contribution in [1.29, 1.82) is 0 Å². The summed E-state index contributed by atoms with van der Waals surface area (Å²) in [5.41, 5.74) is 1.62. The molecule has 0 fully saturated rings. The predicted molar refractivity (Wildman–Crippen MR) is 107 cm³/mol. The molecule has 2 aromatic heterocycles. The number of carbonyl (C=O) groups excluding carboxylic acids is 3. The summed E-state index contributed by atoms with van der Waals surface area (Å²) in [5.74, 6) is -1.36. The van der Waals surface area contributed by atoms with E-state index in [4.69, 9.17) is 4.74 Å². The second-order valence-corrected chi connectivity index (χ2v) is 6.89. The molecule has 3 aromatic rings. The van der Waals surface area contributed by atoms with E-state index in [0.29, 0.717) is 28.7 Å². The van der Waals surface area contributed by atoms with Crippen molar-refractivity contribution in [1.82, 2.24) is 15.6 Å². The molecule has 0 bridgehead atoms. The van der Waals surface area contributed by atoms with Crippen LogP contribution in [0.25, 0.3) is 21.5 Å². The third-order valence-corrected chi connectivity index (χ3v) is 4.83. The molecule has 0 aliphatic heterocycles. The number of esters is 1. The molecule has 2 heterocycles. The molecule has 0 aliphatic rings. The summed E-state index contributed by atoms with van der Waals surface area (Å²) in [6.45, 7) is 3.52. The Balaban J connectivity index is 1.86. The van der Waals surface area contributed by atoms with Gasteiger partial charge in [-0.1, -0.05) is 24.3 Å². The lowest BCUT2D eigenvalue weighted by molar-refractivity contribution is -0.127. The van der Waals surface area contributed by atoms with E-state index in [-0.39, 0.29) is 0 Å². The maximum Gasteiger partial charge on any atom is 0.339 e. The van der Waals surface area contributed by atoms with Gasteiger partial charge in [-0.15, -0.1) is 11.3 Å². The number of nitrogens with one attached hydrogen (secondary N) is 2. The first kappa shape index (κ1) is 19.5. The molecule has 0 radical (unpaired) electrons. The summed E-state index contributed by atoms with van der Waals surface area (Å²) in [7, 11) is 0. The molecule has 144 valence electrons. The van der Waals surface area contributed by atoms with Crippen LogP contribution in [0.4, 0.5) is 4.79 Å². The number of rotatable bonds is 5. The number of para-hydroxylation sites is 1. The van der Waals surface area contributed by atoms with Crippen molar-refractivity contribution >= 4 is 40.1 Å². The summed E-state index contributed by atoms with van der Waals surface area (Å²) in [5, 5.41) is 7.13. The lowest BCUT2D eigenvalue weighted by Gasteiger charge is -2.14. The molecule has 0 saturated heterocycles. The van der Waals surface area contributed by atoms with E-state index in [1.807, 2.05) is 29.6 Å². The first-order chi connectivity index (χ1) is 13.5. The van der Waals surface area contributed by atoms with Crippen LogP contribution in [0.5, 0.6) is 0 Å². The predicted octanol–water partition coefficient (Wildman–Crippen LogP) is 3.35. The third kappa shape index (κ3) is 4.34. The van der Waals surface area contributed by atoms with Crippen LogP contribution in [-0.4, -0.2) is 35.5 Å². The number of amides is 3. The van der Waals surface area contributed by atoms with Crippen LogP contribution in [-0.2, 0) is 9.53 Å². The Bertz CT molecular complexity index is 1020. The molecular weight excluding hydrogens is 378 g/mol. The fourth-order valence-corrected chi connectivity index (χ4v) is 3.28. The fourth-order valence-electron chi connectivity index (χ4n) is 2.59. The monoisotopic (exact) mass is 397 g/mol. The van der Waals surface area contributed by atoms with E-state index in [1.165, 1.54) is 18.3 Å². The first-order valence-electron chi connectivity index (χ1n) is 8.73.